The zero-order valence-electron chi connectivity index (χ0n) is 15.5. The monoisotopic (exact) mass is 330 g/mol. The van der Waals surface area contributed by atoms with Crippen LogP contribution >= 0.6 is 0 Å². The van der Waals surface area contributed by atoms with Crippen LogP contribution in [0.1, 0.15) is 43.6 Å². The maximum absolute atomic E-state index is 12.3. The third-order valence-corrected chi connectivity index (χ3v) is 5.29. The first-order chi connectivity index (χ1) is 11.1. The topological polar surface area (TPSA) is 50.8 Å². The van der Waals surface area contributed by atoms with Crippen LogP contribution in [-0.4, -0.2) is 55.8 Å². The zero-order valence-corrected chi connectivity index (χ0v) is 15.5. The number of nitrogens with zero attached hydrogens (tertiary/aromatic N) is 1. The van der Waals surface area contributed by atoms with Crippen molar-refractivity contribution < 1.29 is 14.1 Å². The number of fused-ring (bicyclic) bond motifs is 1. The average molecular weight is 330 g/mol. The van der Waals surface area contributed by atoms with Gasteiger partial charge in [-0.1, -0.05) is 12.1 Å². The molecule has 2 aliphatic rings. The largest absolute Gasteiger partial charge is 0.494 e. The molecule has 0 saturated carbocycles. The molecule has 1 atom stereocenters. The molecule has 3 rings (SSSR count). The first kappa shape index (κ1) is 17.5. The van der Waals surface area contributed by atoms with Crippen molar-refractivity contribution in [2.24, 2.45) is 0 Å². The predicted molar refractivity (Wildman–Crippen MR) is 95.7 cm³/mol. The Morgan fingerprint density at radius 3 is 2.42 bits per heavy atom. The van der Waals surface area contributed by atoms with Crippen LogP contribution < -0.4 is 10.8 Å². The summed E-state index contributed by atoms with van der Waals surface area (Å²) >= 11 is 0. The first-order valence-corrected chi connectivity index (χ1v) is 8.53. The van der Waals surface area contributed by atoms with E-state index in [-0.39, 0.29) is 23.2 Å². The first-order valence-electron chi connectivity index (χ1n) is 8.53. The minimum Gasteiger partial charge on any atom is -0.399 e. The second kappa shape index (κ2) is 5.86. The van der Waals surface area contributed by atoms with Crippen molar-refractivity contribution in [2.45, 2.75) is 51.4 Å². The lowest BCUT2D eigenvalue weighted by atomic mass is 9.76. The molecule has 5 nitrogen and oxygen atoms in total. The van der Waals surface area contributed by atoms with Gasteiger partial charge in [-0.25, -0.2) is 0 Å². The van der Waals surface area contributed by atoms with Crippen LogP contribution in [0.4, 0.5) is 0 Å². The summed E-state index contributed by atoms with van der Waals surface area (Å²) in [5, 5.41) is 3.08. The maximum atomic E-state index is 12.3. The number of rotatable bonds is 3. The molecule has 2 heterocycles. The summed E-state index contributed by atoms with van der Waals surface area (Å²) < 4.78 is 12.3. The lowest BCUT2D eigenvalue weighted by molar-refractivity contribution is 0.00578. The predicted octanol–water partition coefficient (Wildman–Crippen LogP) is 1.20. The molecule has 1 aromatic rings. The fourth-order valence-electron chi connectivity index (χ4n) is 3.26. The Bertz CT molecular complexity index is 642. The van der Waals surface area contributed by atoms with E-state index in [1.165, 1.54) is 0 Å². The lowest BCUT2D eigenvalue weighted by Gasteiger charge is -2.32. The lowest BCUT2D eigenvalue weighted by Crippen LogP contribution is -2.47. The molecule has 1 aromatic carbocycles. The Morgan fingerprint density at radius 2 is 1.83 bits per heavy atom. The van der Waals surface area contributed by atoms with Gasteiger partial charge in [-0.3, -0.25) is 4.79 Å². The molecule has 24 heavy (non-hydrogen) atoms. The number of nitrogens with one attached hydrogen (secondary N) is 1. The Balaban J connectivity index is 1.86. The molecular formula is C18H27BN2O3. The summed E-state index contributed by atoms with van der Waals surface area (Å²) in [4.78, 5) is 14.4. The summed E-state index contributed by atoms with van der Waals surface area (Å²) in [5.74, 6) is 0.00330. The van der Waals surface area contributed by atoms with Crippen LogP contribution in [0.25, 0.3) is 0 Å². The minimum atomic E-state index is -0.391. The van der Waals surface area contributed by atoms with E-state index >= 15 is 0 Å². The highest BCUT2D eigenvalue weighted by Crippen LogP contribution is 2.36. The second-order valence-electron chi connectivity index (χ2n) is 8.14. The van der Waals surface area contributed by atoms with E-state index in [2.05, 4.69) is 16.3 Å². The van der Waals surface area contributed by atoms with Gasteiger partial charge in [0.05, 0.1) is 11.2 Å². The van der Waals surface area contributed by atoms with Crippen molar-refractivity contribution in [3.63, 3.8) is 0 Å². The Labute approximate surface area is 144 Å². The Hall–Kier alpha value is -1.37. The summed E-state index contributed by atoms with van der Waals surface area (Å²) in [5.41, 5.74) is 2.07. The minimum absolute atomic E-state index is 0.00330. The number of benzene rings is 1. The number of likely N-dealkylation sites (N-methyl/N-ethyl adjacent to an activating group) is 1. The molecule has 1 N–H and O–H groups in total. The van der Waals surface area contributed by atoms with Gasteiger partial charge in [0.2, 0.25) is 0 Å². The molecule has 1 fully saturated rings. The third-order valence-electron chi connectivity index (χ3n) is 5.29. The fourth-order valence-corrected chi connectivity index (χ4v) is 3.26. The number of hydrogen-bond donors (Lipinski definition) is 1. The Morgan fingerprint density at radius 1 is 1.21 bits per heavy atom. The molecule has 0 aromatic heterocycles. The number of carbonyl (C=O) groups is 1. The van der Waals surface area contributed by atoms with Crippen LogP contribution in [-0.2, 0) is 15.7 Å². The zero-order chi connectivity index (χ0) is 17.7. The van der Waals surface area contributed by atoms with E-state index in [1.54, 1.807) is 0 Å². The molecular weight excluding hydrogens is 303 g/mol. The van der Waals surface area contributed by atoms with E-state index in [1.807, 2.05) is 53.9 Å². The molecule has 2 aliphatic heterocycles. The molecule has 1 saturated heterocycles. The van der Waals surface area contributed by atoms with E-state index < -0.39 is 7.12 Å². The standard InChI is InChI=1S/C18H27BN2O3/c1-17(2)18(3,4)24-19(23-17)13-7-8-15-12(9-13)10-14(11-21(5)6)20-16(15)22/h7-9,14H,10-11H2,1-6H3,(H,20,22). The van der Waals surface area contributed by atoms with Gasteiger partial charge in [0.1, 0.15) is 0 Å². The van der Waals surface area contributed by atoms with E-state index in [9.17, 15) is 4.79 Å². The second-order valence-corrected chi connectivity index (χ2v) is 8.14. The van der Waals surface area contributed by atoms with Gasteiger partial charge in [-0.2, -0.15) is 0 Å². The normalized spacial score (nSPS) is 24.9. The van der Waals surface area contributed by atoms with Crippen molar-refractivity contribution in [1.29, 1.82) is 0 Å². The fraction of sp³-hybridized carbons (Fsp3) is 0.611. The van der Waals surface area contributed by atoms with Crippen molar-refractivity contribution in [3.8, 4) is 0 Å². The van der Waals surface area contributed by atoms with Crippen molar-refractivity contribution in [1.82, 2.24) is 10.2 Å². The highest BCUT2D eigenvalue weighted by atomic mass is 16.7. The quantitative estimate of drug-likeness (QED) is 0.847. The van der Waals surface area contributed by atoms with Gasteiger partial charge in [0.25, 0.3) is 5.91 Å². The number of carbonyl (C=O) groups excluding carboxylic acids is 1. The highest BCUT2D eigenvalue weighted by Gasteiger charge is 2.51. The molecule has 130 valence electrons. The molecule has 1 unspecified atom stereocenters. The molecule has 0 aliphatic carbocycles. The van der Waals surface area contributed by atoms with Crippen molar-refractivity contribution in [3.05, 3.63) is 29.3 Å². The molecule has 1 amide bonds. The van der Waals surface area contributed by atoms with Crippen molar-refractivity contribution >= 4 is 18.5 Å². The van der Waals surface area contributed by atoms with Gasteiger partial charge in [0.15, 0.2) is 0 Å². The van der Waals surface area contributed by atoms with E-state index in [0.29, 0.717) is 0 Å². The third kappa shape index (κ3) is 3.10. The number of amides is 1. The van der Waals surface area contributed by atoms with Crippen LogP contribution in [0.2, 0.25) is 0 Å². The molecule has 0 bridgehead atoms. The van der Waals surface area contributed by atoms with Gasteiger partial charge >= 0.3 is 7.12 Å². The van der Waals surface area contributed by atoms with Crippen LogP contribution in [0.3, 0.4) is 0 Å². The van der Waals surface area contributed by atoms with Gasteiger partial charge in [-0.05, 0) is 65.3 Å². The SMILES string of the molecule is CN(C)CC1Cc2cc(B3OC(C)(C)C(C)(C)O3)ccc2C(=O)N1. The van der Waals surface area contributed by atoms with E-state index in [0.717, 1.165) is 29.6 Å². The van der Waals surface area contributed by atoms with Gasteiger partial charge in [0, 0.05) is 18.2 Å². The maximum Gasteiger partial charge on any atom is 0.494 e. The summed E-state index contributed by atoms with van der Waals surface area (Å²) in [6, 6.07) is 6.02. The molecule has 6 heteroatoms. The highest BCUT2D eigenvalue weighted by molar-refractivity contribution is 6.62. The summed E-state index contributed by atoms with van der Waals surface area (Å²) in [6.07, 6.45) is 0.826. The molecule has 0 radical (unpaired) electrons. The van der Waals surface area contributed by atoms with Crippen LogP contribution in [0, 0.1) is 0 Å². The summed E-state index contributed by atoms with van der Waals surface area (Å²) in [7, 11) is 3.64. The van der Waals surface area contributed by atoms with Crippen molar-refractivity contribution in [2.75, 3.05) is 20.6 Å². The summed E-state index contributed by atoms with van der Waals surface area (Å²) in [6.45, 7) is 9.02. The number of hydrogen-bond acceptors (Lipinski definition) is 4. The van der Waals surface area contributed by atoms with Gasteiger partial charge in [-0.15, -0.1) is 0 Å². The van der Waals surface area contributed by atoms with E-state index in [4.69, 9.17) is 9.31 Å². The van der Waals surface area contributed by atoms with Crippen LogP contribution in [0.15, 0.2) is 18.2 Å². The molecule has 0 spiro atoms. The van der Waals surface area contributed by atoms with Gasteiger partial charge < -0.3 is 19.5 Å². The average Bonchev–Trinajstić information content (AvgIpc) is 2.66. The van der Waals surface area contributed by atoms with Crippen LogP contribution in [0.5, 0.6) is 0 Å². The smallest absolute Gasteiger partial charge is 0.399 e. The Kier molecular flexibility index (Phi) is 4.27.